The highest BCUT2D eigenvalue weighted by Gasteiger charge is 2.13. The van der Waals surface area contributed by atoms with Crippen LogP contribution in [0, 0.1) is 0 Å². The minimum Gasteiger partial charge on any atom is -0.399 e. The number of carbonyl (C=O) groups excluding carboxylic acids is 1. The fraction of sp³-hybridized carbons (Fsp3) is 0.364. The van der Waals surface area contributed by atoms with Crippen LogP contribution in [-0.4, -0.2) is 37.4 Å². The van der Waals surface area contributed by atoms with Crippen molar-refractivity contribution in [1.82, 2.24) is 5.32 Å². The van der Waals surface area contributed by atoms with Gasteiger partial charge < -0.3 is 20.9 Å². The van der Waals surface area contributed by atoms with Crippen LogP contribution in [0.2, 0.25) is 5.02 Å². The third kappa shape index (κ3) is 4.22. The number of nitrogens with two attached hydrogens (primary N) is 1. The van der Waals surface area contributed by atoms with Crippen molar-refractivity contribution in [2.75, 3.05) is 26.1 Å². The molecule has 1 atom stereocenters. The van der Waals surface area contributed by atoms with Crippen molar-refractivity contribution in [3.05, 3.63) is 28.8 Å². The third-order valence-corrected chi connectivity index (χ3v) is 2.32. The van der Waals surface area contributed by atoms with Gasteiger partial charge in [0.05, 0.1) is 19.3 Å². The number of amides is 1. The van der Waals surface area contributed by atoms with E-state index in [2.05, 4.69) is 5.32 Å². The van der Waals surface area contributed by atoms with Gasteiger partial charge in [-0.2, -0.15) is 0 Å². The summed E-state index contributed by atoms with van der Waals surface area (Å²) in [6.07, 6.45) is 0. The van der Waals surface area contributed by atoms with Crippen molar-refractivity contribution in [1.29, 1.82) is 0 Å². The first-order valence-corrected chi connectivity index (χ1v) is 5.41. The standard InChI is InChI=1S/C11H15ClN2O3/c1-17-6-10(5-15)14-11(16)7-2-8(12)4-9(13)3-7/h2-4,10,15H,5-6,13H2,1H3,(H,14,16). The van der Waals surface area contributed by atoms with E-state index in [-0.39, 0.29) is 19.1 Å². The Morgan fingerprint density at radius 1 is 1.59 bits per heavy atom. The lowest BCUT2D eigenvalue weighted by Gasteiger charge is -2.15. The van der Waals surface area contributed by atoms with Crippen molar-refractivity contribution < 1.29 is 14.6 Å². The molecule has 0 aromatic heterocycles. The molecule has 5 nitrogen and oxygen atoms in total. The van der Waals surface area contributed by atoms with Crippen LogP contribution in [0.15, 0.2) is 18.2 Å². The van der Waals surface area contributed by atoms with Gasteiger partial charge in [-0.25, -0.2) is 0 Å². The molecule has 1 aromatic rings. The number of halogens is 1. The van der Waals surface area contributed by atoms with Gasteiger partial charge in [0.25, 0.3) is 5.91 Å². The summed E-state index contributed by atoms with van der Waals surface area (Å²) in [5, 5.41) is 12.0. The Bertz CT molecular complexity index is 378. The summed E-state index contributed by atoms with van der Waals surface area (Å²) < 4.78 is 4.85. The van der Waals surface area contributed by atoms with Crippen LogP contribution < -0.4 is 11.1 Å². The Labute approximate surface area is 105 Å². The van der Waals surface area contributed by atoms with E-state index in [4.69, 9.17) is 27.2 Å². The summed E-state index contributed by atoms with van der Waals surface area (Å²) in [7, 11) is 1.49. The molecule has 94 valence electrons. The number of nitrogens with one attached hydrogen (secondary N) is 1. The maximum Gasteiger partial charge on any atom is 0.251 e. The molecule has 0 bridgehead atoms. The molecule has 1 amide bonds. The van der Waals surface area contributed by atoms with Gasteiger partial charge in [0.1, 0.15) is 0 Å². The van der Waals surface area contributed by atoms with Crippen LogP contribution in [-0.2, 0) is 4.74 Å². The monoisotopic (exact) mass is 258 g/mol. The van der Waals surface area contributed by atoms with Gasteiger partial charge in [-0.05, 0) is 18.2 Å². The summed E-state index contributed by atoms with van der Waals surface area (Å²) in [6.45, 7) is 0.0356. The first-order chi connectivity index (χ1) is 8.06. The summed E-state index contributed by atoms with van der Waals surface area (Å²) >= 11 is 5.79. The van der Waals surface area contributed by atoms with E-state index in [9.17, 15) is 4.79 Å². The quantitative estimate of drug-likeness (QED) is 0.678. The highest BCUT2D eigenvalue weighted by Crippen LogP contribution is 2.16. The van der Waals surface area contributed by atoms with Crippen LogP contribution in [0.4, 0.5) is 5.69 Å². The zero-order valence-corrected chi connectivity index (χ0v) is 10.2. The number of aliphatic hydroxyl groups excluding tert-OH is 1. The Hall–Kier alpha value is -1.30. The molecule has 0 heterocycles. The molecule has 0 aliphatic carbocycles. The van der Waals surface area contributed by atoms with E-state index in [1.54, 1.807) is 6.07 Å². The number of hydrogen-bond donors (Lipinski definition) is 3. The molecule has 0 saturated carbocycles. The second-order valence-electron chi connectivity index (χ2n) is 3.58. The van der Waals surface area contributed by atoms with Gasteiger partial charge in [0.2, 0.25) is 0 Å². The molecule has 0 fully saturated rings. The molecule has 0 aliphatic heterocycles. The molecule has 6 heteroatoms. The Morgan fingerprint density at radius 2 is 2.29 bits per heavy atom. The molecule has 1 aromatic carbocycles. The minimum absolute atomic E-state index is 0.199. The number of aliphatic hydroxyl groups is 1. The number of carbonyl (C=O) groups is 1. The van der Waals surface area contributed by atoms with Gasteiger partial charge in [-0.1, -0.05) is 11.6 Å². The number of hydrogen-bond acceptors (Lipinski definition) is 4. The molecule has 1 unspecified atom stereocenters. The number of ether oxygens (including phenoxy) is 1. The molecular weight excluding hydrogens is 244 g/mol. The summed E-state index contributed by atoms with van der Waals surface area (Å²) in [5.74, 6) is -0.352. The average Bonchev–Trinajstić information content (AvgIpc) is 2.27. The maximum absolute atomic E-state index is 11.8. The van der Waals surface area contributed by atoms with E-state index >= 15 is 0 Å². The van der Waals surface area contributed by atoms with Crippen molar-refractivity contribution in [3.8, 4) is 0 Å². The summed E-state index contributed by atoms with van der Waals surface area (Å²) in [4.78, 5) is 11.8. The normalized spacial score (nSPS) is 12.2. The van der Waals surface area contributed by atoms with E-state index in [0.717, 1.165) is 0 Å². The summed E-state index contributed by atoms with van der Waals surface area (Å²) in [6, 6.07) is 4.13. The molecule has 4 N–H and O–H groups in total. The van der Waals surface area contributed by atoms with Crippen LogP contribution in [0.25, 0.3) is 0 Å². The first-order valence-electron chi connectivity index (χ1n) is 5.03. The van der Waals surface area contributed by atoms with E-state index < -0.39 is 6.04 Å². The van der Waals surface area contributed by atoms with Gasteiger partial charge in [0.15, 0.2) is 0 Å². The fourth-order valence-corrected chi connectivity index (χ4v) is 1.60. The predicted octanol–water partition coefficient (Wildman–Crippen LogP) is 0.659. The highest BCUT2D eigenvalue weighted by atomic mass is 35.5. The van der Waals surface area contributed by atoms with Gasteiger partial charge in [-0.15, -0.1) is 0 Å². The number of nitrogen functional groups attached to an aromatic ring is 1. The predicted molar refractivity (Wildman–Crippen MR) is 66.1 cm³/mol. The van der Waals surface area contributed by atoms with Gasteiger partial charge in [-0.3, -0.25) is 4.79 Å². The third-order valence-electron chi connectivity index (χ3n) is 2.11. The highest BCUT2D eigenvalue weighted by molar-refractivity contribution is 6.31. The Morgan fingerprint density at radius 3 is 2.82 bits per heavy atom. The second-order valence-corrected chi connectivity index (χ2v) is 4.02. The lowest BCUT2D eigenvalue weighted by Crippen LogP contribution is -2.40. The average molecular weight is 259 g/mol. The van der Waals surface area contributed by atoms with Gasteiger partial charge in [0, 0.05) is 23.4 Å². The molecule has 0 spiro atoms. The number of methoxy groups -OCH3 is 1. The molecule has 0 radical (unpaired) electrons. The van der Waals surface area contributed by atoms with Crippen LogP contribution in [0.3, 0.4) is 0 Å². The second kappa shape index (κ2) is 6.44. The van der Waals surface area contributed by atoms with Crippen molar-refractivity contribution in [2.45, 2.75) is 6.04 Å². The Balaban J connectivity index is 2.75. The van der Waals surface area contributed by atoms with Gasteiger partial charge >= 0.3 is 0 Å². The van der Waals surface area contributed by atoms with E-state index in [1.165, 1.54) is 19.2 Å². The largest absolute Gasteiger partial charge is 0.399 e. The topological polar surface area (TPSA) is 84.6 Å². The van der Waals surface area contributed by atoms with Crippen molar-refractivity contribution >= 4 is 23.2 Å². The van der Waals surface area contributed by atoms with Crippen LogP contribution >= 0.6 is 11.6 Å². The first kappa shape index (κ1) is 13.8. The van der Waals surface area contributed by atoms with Crippen molar-refractivity contribution in [3.63, 3.8) is 0 Å². The molecule has 1 rings (SSSR count). The summed E-state index contributed by atoms with van der Waals surface area (Å²) in [5.41, 5.74) is 6.34. The van der Waals surface area contributed by atoms with Crippen LogP contribution in [0.5, 0.6) is 0 Å². The minimum atomic E-state index is -0.451. The lowest BCUT2D eigenvalue weighted by atomic mass is 10.2. The smallest absolute Gasteiger partial charge is 0.251 e. The molecule has 17 heavy (non-hydrogen) atoms. The number of benzene rings is 1. The zero-order valence-electron chi connectivity index (χ0n) is 9.44. The number of rotatable bonds is 5. The van der Waals surface area contributed by atoms with Crippen LogP contribution in [0.1, 0.15) is 10.4 Å². The molecule has 0 aliphatic rings. The number of anilines is 1. The Kier molecular flexibility index (Phi) is 5.21. The molecular formula is C11H15ClN2O3. The molecule has 0 saturated heterocycles. The lowest BCUT2D eigenvalue weighted by molar-refractivity contribution is 0.0839. The fourth-order valence-electron chi connectivity index (χ4n) is 1.35. The zero-order chi connectivity index (χ0) is 12.8. The SMILES string of the molecule is COCC(CO)NC(=O)c1cc(N)cc(Cl)c1. The van der Waals surface area contributed by atoms with E-state index in [0.29, 0.717) is 16.3 Å². The van der Waals surface area contributed by atoms with E-state index in [1.807, 2.05) is 0 Å². The maximum atomic E-state index is 11.8. The van der Waals surface area contributed by atoms with Crippen molar-refractivity contribution in [2.24, 2.45) is 0 Å².